The molecule has 0 saturated carbocycles. The van der Waals surface area contributed by atoms with Crippen LogP contribution in [0.4, 0.5) is 0 Å². The molecule has 0 N–H and O–H groups in total. The predicted octanol–water partition coefficient (Wildman–Crippen LogP) is 8.35. The molecule has 2 aromatic heterocycles. The third kappa shape index (κ3) is 4.97. The van der Waals surface area contributed by atoms with E-state index in [0.29, 0.717) is 38.1 Å². The van der Waals surface area contributed by atoms with Crippen molar-refractivity contribution in [3.05, 3.63) is 99.9 Å². The number of fused-ring (bicyclic) bond motifs is 1. The fraction of sp³-hybridized carbons (Fsp3) is 0.167. The summed E-state index contributed by atoms with van der Waals surface area (Å²) in [5, 5.41) is 6.02. The Kier molecular flexibility index (Phi) is 7.36. The highest BCUT2D eigenvalue weighted by Crippen LogP contribution is 2.39. The molecule has 0 radical (unpaired) electrons. The largest absolute Gasteiger partial charge is 0.489 e. The summed E-state index contributed by atoms with van der Waals surface area (Å²) in [7, 11) is 1.37. The van der Waals surface area contributed by atoms with Gasteiger partial charge in [0.2, 0.25) is 0 Å². The second kappa shape index (κ2) is 10.9. The van der Waals surface area contributed by atoms with Gasteiger partial charge in [-0.1, -0.05) is 72.5 Å². The number of hydrogen-bond donors (Lipinski definition) is 0. The van der Waals surface area contributed by atoms with E-state index in [1.54, 1.807) is 30.5 Å². The van der Waals surface area contributed by atoms with E-state index < -0.39 is 0 Å². The van der Waals surface area contributed by atoms with Crippen molar-refractivity contribution in [2.75, 3.05) is 7.11 Å². The topological polar surface area (TPSA) is 74.5 Å². The predicted molar refractivity (Wildman–Crippen MR) is 149 cm³/mol. The molecule has 0 aliphatic rings. The number of carbonyl (C=O) groups excluding carboxylic acids is 1. The number of nitrogens with zero attached hydrogens (tertiary/aromatic N) is 2. The van der Waals surface area contributed by atoms with Crippen LogP contribution in [-0.4, -0.2) is 23.2 Å². The van der Waals surface area contributed by atoms with E-state index in [0.717, 1.165) is 27.8 Å². The molecular weight excluding hydrogens is 523 g/mol. The molecule has 0 bridgehead atoms. The van der Waals surface area contributed by atoms with Crippen LogP contribution in [0.15, 0.2) is 77.4 Å². The molecule has 0 aliphatic heterocycles. The highest BCUT2D eigenvalue weighted by molar-refractivity contribution is 6.39. The monoisotopic (exact) mass is 546 g/mol. The Bertz CT molecular complexity index is 1610. The van der Waals surface area contributed by atoms with E-state index >= 15 is 0 Å². The molecule has 0 saturated heterocycles. The molecule has 0 fully saturated rings. The minimum Gasteiger partial charge on any atom is -0.489 e. The Morgan fingerprint density at radius 3 is 2.37 bits per heavy atom. The number of carbonyl (C=O) groups is 1. The second-order valence-corrected chi connectivity index (χ2v) is 9.83. The fourth-order valence-electron chi connectivity index (χ4n) is 4.35. The maximum atomic E-state index is 12.1. The molecule has 5 rings (SSSR count). The maximum Gasteiger partial charge on any atom is 0.338 e. The average molecular weight is 547 g/mol. The minimum absolute atomic E-state index is 0.0969. The van der Waals surface area contributed by atoms with E-state index in [1.165, 1.54) is 7.11 Å². The number of pyridine rings is 1. The average Bonchev–Trinajstić information content (AvgIpc) is 3.34. The Balaban J connectivity index is 1.39. The van der Waals surface area contributed by atoms with Gasteiger partial charge in [0.25, 0.3) is 0 Å². The van der Waals surface area contributed by atoms with Gasteiger partial charge < -0.3 is 14.0 Å². The number of benzene rings is 3. The van der Waals surface area contributed by atoms with Gasteiger partial charge in [-0.3, -0.25) is 4.98 Å². The molecular formula is C30H24Cl2N2O4. The van der Waals surface area contributed by atoms with Crippen molar-refractivity contribution in [3.8, 4) is 28.1 Å². The van der Waals surface area contributed by atoms with E-state index in [-0.39, 0.29) is 18.5 Å². The standard InChI is InChI=1S/C30H24Cl2N2O4/c1-17(2)29-23(28(34-38-29)27-24(31)5-4-6-25(27)32)16-37-20-10-7-18(8-11-20)19-9-12-21-22(30(35)36-3)13-14-33-26(21)15-19/h4-15,17H,16H2,1-3H3. The third-order valence-corrected chi connectivity index (χ3v) is 6.89. The molecule has 38 heavy (non-hydrogen) atoms. The SMILES string of the molecule is COC(=O)c1ccnc2cc(-c3ccc(OCc4c(-c5c(Cl)cccc5Cl)noc4C(C)C)cc3)ccc12. The van der Waals surface area contributed by atoms with Gasteiger partial charge in [0.05, 0.1) is 33.8 Å². The van der Waals surface area contributed by atoms with Crippen LogP contribution in [0.2, 0.25) is 10.0 Å². The van der Waals surface area contributed by atoms with Crippen molar-refractivity contribution in [2.24, 2.45) is 0 Å². The van der Waals surface area contributed by atoms with Crippen molar-refractivity contribution in [1.29, 1.82) is 0 Å². The summed E-state index contributed by atoms with van der Waals surface area (Å²) >= 11 is 12.9. The molecule has 2 heterocycles. The first-order valence-electron chi connectivity index (χ1n) is 12.0. The van der Waals surface area contributed by atoms with Crippen LogP contribution in [0.25, 0.3) is 33.3 Å². The summed E-state index contributed by atoms with van der Waals surface area (Å²) in [4.78, 5) is 16.5. The van der Waals surface area contributed by atoms with Crippen LogP contribution in [0, 0.1) is 0 Å². The van der Waals surface area contributed by atoms with Crippen molar-refractivity contribution in [2.45, 2.75) is 26.4 Å². The van der Waals surface area contributed by atoms with Crippen molar-refractivity contribution in [3.63, 3.8) is 0 Å². The number of halogens is 2. The summed E-state index contributed by atoms with van der Waals surface area (Å²) < 4.78 is 16.7. The van der Waals surface area contributed by atoms with Gasteiger partial charge in [0.1, 0.15) is 23.8 Å². The summed E-state index contributed by atoms with van der Waals surface area (Å²) in [6.45, 7) is 4.30. The zero-order valence-corrected chi connectivity index (χ0v) is 22.5. The zero-order valence-electron chi connectivity index (χ0n) is 21.0. The molecule has 0 aliphatic carbocycles. The lowest BCUT2D eigenvalue weighted by Gasteiger charge is -2.11. The molecule has 0 amide bonds. The van der Waals surface area contributed by atoms with Gasteiger partial charge in [0.15, 0.2) is 0 Å². The van der Waals surface area contributed by atoms with Gasteiger partial charge >= 0.3 is 5.97 Å². The van der Waals surface area contributed by atoms with Crippen LogP contribution < -0.4 is 4.74 Å². The first-order chi connectivity index (χ1) is 18.4. The lowest BCUT2D eigenvalue weighted by molar-refractivity contribution is 0.0603. The van der Waals surface area contributed by atoms with Crippen LogP contribution in [0.3, 0.4) is 0 Å². The highest BCUT2D eigenvalue weighted by atomic mass is 35.5. The molecule has 5 aromatic rings. The third-order valence-electron chi connectivity index (χ3n) is 6.26. The number of ether oxygens (including phenoxy) is 2. The highest BCUT2D eigenvalue weighted by Gasteiger charge is 2.24. The first-order valence-corrected chi connectivity index (χ1v) is 12.8. The summed E-state index contributed by atoms with van der Waals surface area (Å²) in [6, 6.07) is 20.5. The van der Waals surface area contributed by atoms with E-state index in [9.17, 15) is 4.79 Å². The number of esters is 1. The molecule has 3 aromatic carbocycles. The van der Waals surface area contributed by atoms with Crippen molar-refractivity contribution in [1.82, 2.24) is 10.1 Å². The van der Waals surface area contributed by atoms with Gasteiger partial charge in [-0.2, -0.15) is 0 Å². The normalized spacial score (nSPS) is 11.2. The summed E-state index contributed by atoms with van der Waals surface area (Å²) in [5.74, 6) is 1.12. The maximum absolute atomic E-state index is 12.1. The van der Waals surface area contributed by atoms with Gasteiger partial charge in [0, 0.05) is 23.1 Å². The first kappa shape index (κ1) is 25.8. The van der Waals surface area contributed by atoms with Crippen LogP contribution in [0.1, 0.15) is 41.4 Å². The molecule has 0 spiro atoms. The van der Waals surface area contributed by atoms with Gasteiger partial charge in [-0.15, -0.1) is 0 Å². The number of hydrogen-bond acceptors (Lipinski definition) is 6. The molecule has 6 nitrogen and oxygen atoms in total. The zero-order chi connectivity index (χ0) is 26.8. The Labute approximate surface area is 230 Å². The molecule has 8 heteroatoms. The van der Waals surface area contributed by atoms with Gasteiger partial charge in [-0.25, -0.2) is 4.79 Å². The number of methoxy groups -OCH3 is 1. The molecule has 192 valence electrons. The van der Waals surface area contributed by atoms with Crippen molar-refractivity contribution < 1.29 is 18.8 Å². The molecule has 0 atom stereocenters. The number of rotatable bonds is 7. The Morgan fingerprint density at radius 2 is 1.68 bits per heavy atom. The van der Waals surface area contributed by atoms with E-state index in [4.69, 9.17) is 37.2 Å². The van der Waals surface area contributed by atoms with E-state index in [2.05, 4.69) is 10.1 Å². The lowest BCUT2D eigenvalue weighted by atomic mass is 10.0. The Morgan fingerprint density at radius 1 is 0.974 bits per heavy atom. The summed E-state index contributed by atoms with van der Waals surface area (Å²) in [6.07, 6.45) is 1.61. The Hall–Kier alpha value is -3.87. The van der Waals surface area contributed by atoms with Crippen LogP contribution >= 0.6 is 23.2 Å². The van der Waals surface area contributed by atoms with E-state index in [1.807, 2.05) is 56.3 Å². The van der Waals surface area contributed by atoms with Gasteiger partial charge in [-0.05, 0) is 47.5 Å². The van der Waals surface area contributed by atoms with Crippen LogP contribution in [0.5, 0.6) is 5.75 Å². The lowest BCUT2D eigenvalue weighted by Crippen LogP contribution is -2.02. The summed E-state index contributed by atoms with van der Waals surface area (Å²) in [5.41, 5.74) is 5.17. The smallest absolute Gasteiger partial charge is 0.338 e. The van der Waals surface area contributed by atoms with Crippen molar-refractivity contribution >= 4 is 40.1 Å². The minimum atomic E-state index is -0.389. The fourth-order valence-corrected chi connectivity index (χ4v) is 4.93. The number of aromatic nitrogens is 2. The molecule has 0 unspecified atom stereocenters. The quantitative estimate of drug-likeness (QED) is 0.191. The second-order valence-electron chi connectivity index (χ2n) is 9.02. The van der Waals surface area contributed by atoms with Crippen LogP contribution in [-0.2, 0) is 11.3 Å².